The van der Waals surface area contributed by atoms with Crippen LogP contribution >= 0.6 is 0 Å². The van der Waals surface area contributed by atoms with Gasteiger partial charge in [0.15, 0.2) is 0 Å². The van der Waals surface area contributed by atoms with Crippen LogP contribution in [0.1, 0.15) is 25.8 Å². The fraction of sp³-hybridized carbons (Fsp3) is 0.500. The minimum Gasteiger partial charge on any atom is -0.381 e. The zero-order valence-electron chi connectivity index (χ0n) is 9.99. The van der Waals surface area contributed by atoms with Gasteiger partial charge in [0.2, 0.25) is 0 Å². The SMILES string of the molecule is [CH2]CC(OC)C(C)(C)Cc1ccccc1. The molecule has 1 heteroatoms. The van der Waals surface area contributed by atoms with Crippen molar-refractivity contribution in [1.29, 1.82) is 0 Å². The van der Waals surface area contributed by atoms with E-state index in [1.54, 1.807) is 7.11 Å². The number of methoxy groups -OCH3 is 1. The summed E-state index contributed by atoms with van der Waals surface area (Å²) in [5.41, 5.74) is 1.50. The van der Waals surface area contributed by atoms with E-state index in [-0.39, 0.29) is 11.5 Å². The Kier molecular flexibility index (Phi) is 4.34. The first-order chi connectivity index (χ1) is 7.10. The Hall–Kier alpha value is -0.820. The fourth-order valence-electron chi connectivity index (χ4n) is 2.06. The van der Waals surface area contributed by atoms with Crippen molar-refractivity contribution in [1.82, 2.24) is 0 Å². The molecule has 1 atom stereocenters. The van der Waals surface area contributed by atoms with Gasteiger partial charge in [0.1, 0.15) is 0 Å². The normalized spacial score (nSPS) is 13.9. The molecule has 1 unspecified atom stereocenters. The average molecular weight is 205 g/mol. The highest BCUT2D eigenvalue weighted by atomic mass is 16.5. The second kappa shape index (κ2) is 5.32. The molecule has 1 rings (SSSR count). The third-order valence-electron chi connectivity index (χ3n) is 2.92. The average Bonchev–Trinajstić information content (AvgIpc) is 2.19. The molecule has 15 heavy (non-hydrogen) atoms. The van der Waals surface area contributed by atoms with Crippen LogP contribution in [0.15, 0.2) is 30.3 Å². The number of rotatable bonds is 5. The topological polar surface area (TPSA) is 9.23 Å². The van der Waals surface area contributed by atoms with Gasteiger partial charge in [-0.3, -0.25) is 0 Å². The van der Waals surface area contributed by atoms with E-state index in [9.17, 15) is 0 Å². The van der Waals surface area contributed by atoms with Crippen LogP contribution < -0.4 is 0 Å². The Morgan fingerprint density at radius 2 is 1.87 bits per heavy atom. The van der Waals surface area contributed by atoms with Crippen molar-refractivity contribution >= 4 is 0 Å². The van der Waals surface area contributed by atoms with Crippen molar-refractivity contribution in [2.45, 2.75) is 32.8 Å². The van der Waals surface area contributed by atoms with E-state index in [2.05, 4.69) is 45.0 Å². The number of benzene rings is 1. The number of hydrogen-bond donors (Lipinski definition) is 0. The largest absolute Gasteiger partial charge is 0.381 e. The third kappa shape index (κ3) is 3.35. The first kappa shape index (κ1) is 12.3. The van der Waals surface area contributed by atoms with Gasteiger partial charge in [-0.2, -0.15) is 0 Å². The first-order valence-electron chi connectivity index (χ1n) is 5.46. The van der Waals surface area contributed by atoms with E-state index in [1.807, 2.05) is 6.07 Å². The van der Waals surface area contributed by atoms with E-state index in [1.165, 1.54) is 5.56 Å². The van der Waals surface area contributed by atoms with Crippen molar-refractivity contribution < 1.29 is 4.74 Å². The lowest BCUT2D eigenvalue weighted by Crippen LogP contribution is -2.32. The monoisotopic (exact) mass is 205 g/mol. The van der Waals surface area contributed by atoms with Crippen molar-refractivity contribution in [3.63, 3.8) is 0 Å². The molecule has 0 bridgehead atoms. The Balaban J connectivity index is 2.71. The van der Waals surface area contributed by atoms with Crippen LogP contribution in [0.4, 0.5) is 0 Å². The maximum atomic E-state index is 5.47. The molecule has 83 valence electrons. The van der Waals surface area contributed by atoms with Crippen LogP contribution in [0.5, 0.6) is 0 Å². The minimum absolute atomic E-state index is 0.137. The van der Waals surface area contributed by atoms with Gasteiger partial charge in [0.25, 0.3) is 0 Å². The van der Waals surface area contributed by atoms with Gasteiger partial charge in [-0.05, 0) is 23.8 Å². The zero-order valence-corrected chi connectivity index (χ0v) is 9.99. The molecule has 1 aromatic rings. The summed E-state index contributed by atoms with van der Waals surface area (Å²) < 4.78 is 5.47. The molecule has 0 saturated carbocycles. The lowest BCUT2D eigenvalue weighted by Gasteiger charge is -2.32. The summed E-state index contributed by atoms with van der Waals surface area (Å²) in [5.74, 6) is 0. The fourth-order valence-corrected chi connectivity index (χ4v) is 2.06. The summed E-state index contributed by atoms with van der Waals surface area (Å²) in [7, 11) is 1.77. The third-order valence-corrected chi connectivity index (χ3v) is 2.92. The summed E-state index contributed by atoms with van der Waals surface area (Å²) in [4.78, 5) is 0. The van der Waals surface area contributed by atoms with E-state index in [0.717, 1.165) is 12.8 Å². The summed E-state index contributed by atoms with van der Waals surface area (Å²) in [5, 5.41) is 0. The zero-order chi connectivity index (χ0) is 11.3. The lowest BCUT2D eigenvalue weighted by molar-refractivity contribution is 0.00891. The number of ether oxygens (including phenoxy) is 1. The van der Waals surface area contributed by atoms with E-state index in [4.69, 9.17) is 4.74 Å². The predicted octanol–water partition coefficient (Wildman–Crippen LogP) is 3.49. The summed E-state index contributed by atoms with van der Waals surface area (Å²) in [6, 6.07) is 10.5. The highest BCUT2D eigenvalue weighted by Gasteiger charge is 2.28. The van der Waals surface area contributed by atoms with Gasteiger partial charge in [-0.25, -0.2) is 0 Å². The van der Waals surface area contributed by atoms with E-state index in [0.29, 0.717) is 0 Å². The highest BCUT2D eigenvalue weighted by Crippen LogP contribution is 2.29. The van der Waals surface area contributed by atoms with Crippen LogP contribution in [0.3, 0.4) is 0 Å². The highest BCUT2D eigenvalue weighted by molar-refractivity contribution is 5.16. The van der Waals surface area contributed by atoms with E-state index < -0.39 is 0 Å². The van der Waals surface area contributed by atoms with Gasteiger partial charge in [0, 0.05) is 7.11 Å². The van der Waals surface area contributed by atoms with Gasteiger partial charge in [-0.1, -0.05) is 51.1 Å². The molecule has 0 saturated heterocycles. The molecule has 0 amide bonds. The standard InChI is InChI=1S/C14H21O/c1-5-13(15-4)14(2,3)11-12-9-7-6-8-10-12/h6-10,13H,1,5,11H2,2-4H3. The van der Waals surface area contributed by atoms with Crippen LogP contribution in [0.25, 0.3) is 0 Å². The molecule has 0 aliphatic heterocycles. The maximum Gasteiger partial charge on any atom is 0.0625 e. The van der Waals surface area contributed by atoms with Crippen LogP contribution in [-0.2, 0) is 11.2 Å². The van der Waals surface area contributed by atoms with E-state index >= 15 is 0 Å². The van der Waals surface area contributed by atoms with Gasteiger partial charge < -0.3 is 4.74 Å². The second-order valence-corrected chi connectivity index (χ2v) is 4.66. The van der Waals surface area contributed by atoms with Crippen LogP contribution in [0, 0.1) is 12.3 Å². The van der Waals surface area contributed by atoms with Crippen LogP contribution in [0.2, 0.25) is 0 Å². The Morgan fingerprint density at radius 1 is 1.27 bits per heavy atom. The predicted molar refractivity (Wildman–Crippen MR) is 64.7 cm³/mol. The van der Waals surface area contributed by atoms with Crippen molar-refractivity contribution in [3.05, 3.63) is 42.8 Å². The Bertz CT molecular complexity index is 273. The van der Waals surface area contributed by atoms with Crippen molar-refractivity contribution in [2.75, 3.05) is 7.11 Å². The molecule has 1 nitrogen and oxygen atoms in total. The molecule has 0 spiro atoms. The molecule has 0 aromatic heterocycles. The molecule has 1 radical (unpaired) electrons. The summed E-state index contributed by atoms with van der Waals surface area (Å²) in [6.45, 7) is 8.41. The Morgan fingerprint density at radius 3 is 2.33 bits per heavy atom. The summed E-state index contributed by atoms with van der Waals surface area (Å²) in [6.07, 6.45) is 2.07. The van der Waals surface area contributed by atoms with Gasteiger partial charge >= 0.3 is 0 Å². The molecule has 0 heterocycles. The summed E-state index contributed by atoms with van der Waals surface area (Å²) >= 11 is 0. The van der Waals surface area contributed by atoms with Crippen molar-refractivity contribution in [2.24, 2.45) is 5.41 Å². The molecular formula is C14H21O. The minimum atomic E-state index is 0.137. The van der Waals surface area contributed by atoms with Gasteiger partial charge in [0.05, 0.1) is 6.10 Å². The Labute approximate surface area is 93.5 Å². The second-order valence-electron chi connectivity index (χ2n) is 4.66. The lowest BCUT2D eigenvalue weighted by atomic mass is 9.79. The molecular weight excluding hydrogens is 184 g/mol. The van der Waals surface area contributed by atoms with Crippen LogP contribution in [-0.4, -0.2) is 13.2 Å². The number of hydrogen-bond acceptors (Lipinski definition) is 1. The molecule has 0 aliphatic carbocycles. The molecule has 0 aliphatic rings. The smallest absolute Gasteiger partial charge is 0.0625 e. The maximum absolute atomic E-state index is 5.47. The first-order valence-corrected chi connectivity index (χ1v) is 5.46. The van der Waals surface area contributed by atoms with Gasteiger partial charge in [-0.15, -0.1) is 0 Å². The molecule has 0 fully saturated rings. The van der Waals surface area contributed by atoms with Crippen molar-refractivity contribution in [3.8, 4) is 0 Å². The molecule has 1 aromatic carbocycles. The molecule has 0 N–H and O–H groups in total. The quantitative estimate of drug-likeness (QED) is 0.715.